The molecule has 0 saturated carbocycles. The molecule has 1 N–H and O–H groups in total. The average molecular weight is 375 g/mol. The van der Waals surface area contributed by atoms with Gasteiger partial charge in [-0.3, -0.25) is 9.80 Å². The highest BCUT2D eigenvalue weighted by atomic mass is 19.4. The van der Waals surface area contributed by atoms with Crippen LogP contribution in [-0.2, 0) is 4.79 Å². The summed E-state index contributed by atoms with van der Waals surface area (Å²) < 4.78 is 43.9. The van der Waals surface area contributed by atoms with E-state index in [-0.39, 0.29) is 25.0 Å². The van der Waals surface area contributed by atoms with Crippen molar-refractivity contribution in [1.82, 2.24) is 5.01 Å². The number of hydrogen-bond acceptors (Lipinski definition) is 4. The van der Waals surface area contributed by atoms with Crippen molar-refractivity contribution in [3.8, 4) is 5.75 Å². The van der Waals surface area contributed by atoms with Gasteiger partial charge in [0.25, 0.3) is 5.91 Å². The number of hydrogen-bond donors (Lipinski definition) is 1. The van der Waals surface area contributed by atoms with Gasteiger partial charge in [-0.15, -0.1) is 0 Å². The summed E-state index contributed by atoms with van der Waals surface area (Å²) in [5, 5.41) is 8.00. The molecule has 27 heavy (non-hydrogen) atoms. The molecule has 0 fully saturated rings. The first-order chi connectivity index (χ1) is 12.9. The zero-order valence-corrected chi connectivity index (χ0v) is 14.2. The standard InChI is InChI=1S/C19H16F3N3O2/c20-19(21,22)11-25-9-14(12-4-2-1-3-5-12)18(24-25)13-6-7-16-15(8-13)23-17(26)10-27-16/h1-8,14H,9-11H2,(H,23,26). The van der Waals surface area contributed by atoms with Gasteiger partial charge in [-0.2, -0.15) is 18.3 Å². The molecule has 1 atom stereocenters. The second-order valence-electron chi connectivity index (χ2n) is 6.46. The number of nitrogens with one attached hydrogen (secondary N) is 1. The highest BCUT2D eigenvalue weighted by Gasteiger charge is 2.36. The summed E-state index contributed by atoms with van der Waals surface area (Å²) in [6.07, 6.45) is -4.34. The van der Waals surface area contributed by atoms with Crippen molar-refractivity contribution in [3.63, 3.8) is 0 Å². The molecule has 2 aliphatic rings. The maximum absolute atomic E-state index is 12.9. The van der Waals surface area contributed by atoms with Gasteiger partial charge < -0.3 is 10.1 Å². The topological polar surface area (TPSA) is 53.9 Å². The average Bonchev–Trinajstić information content (AvgIpc) is 3.03. The van der Waals surface area contributed by atoms with Crippen LogP contribution in [0.25, 0.3) is 0 Å². The molecule has 8 heteroatoms. The molecule has 0 aromatic heterocycles. The number of benzene rings is 2. The Labute approximate surface area is 153 Å². The lowest BCUT2D eigenvalue weighted by Gasteiger charge is -2.19. The molecular weight excluding hydrogens is 359 g/mol. The van der Waals surface area contributed by atoms with Crippen LogP contribution in [0.3, 0.4) is 0 Å². The van der Waals surface area contributed by atoms with E-state index in [2.05, 4.69) is 10.4 Å². The smallest absolute Gasteiger partial charge is 0.407 e. The highest BCUT2D eigenvalue weighted by molar-refractivity contribution is 6.08. The van der Waals surface area contributed by atoms with E-state index >= 15 is 0 Å². The van der Waals surface area contributed by atoms with Crippen LogP contribution in [0.2, 0.25) is 0 Å². The summed E-state index contributed by atoms with van der Waals surface area (Å²) >= 11 is 0. The summed E-state index contributed by atoms with van der Waals surface area (Å²) in [6, 6.07) is 14.4. The number of fused-ring (bicyclic) bond motifs is 1. The van der Waals surface area contributed by atoms with Gasteiger partial charge in [0.1, 0.15) is 12.3 Å². The van der Waals surface area contributed by atoms with Gasteiger partial charge in [0, 0.05) is 18.0 Å². The minimum atomic E-state index is -4.34. The van der Waals surface area contributed by atoms with Gasteiger partial charge in [-0.1, -0.05) is 30.3 Å². The summed E-state index contributed by atoms with van der Waals surface area (Å²) in [7, 11) is 0. The normalized spacial score (nSPS) is 19.2. The molecule has 0 spiro atoms. The van der Waals surface area contributed by atoms with Crippen LogP contribution in [0.5, 0.6) is 5.75 Å². The van der Waals surface area contributed by atoms with Gasteiger partial charge in [0.05, 0.1) is 11.4 Å². The molecule has 2 aromatic rings. The number of amides is 1. The van der Waals surface area contributed by atoms with E-state index in [0.717, 1.165) is 10.6 Å². The third kappa shape index (κ3) is 3.74. The minimum absolute atomic E-state index is 0.0563. The molecule has 140 valence electrons. The van der Waals surface area contributed by atoms with Crippen LogP contribution in [0.1, 0.15) is 17.0 Å². The Morgan fingerprint density at radius 3 is 2.70 bits per heavy atom. The van der Waals surface area contributed by atoms with Crippen molar-refractivity contribution in [3.05, 3.63) is 59.7 Å². The van der Waals surface area contributed by atoms with Gasteiger partial charge >= 0.3 is 6.18 Å². The van der Waals surface area contributed by atoms with Crippen molar-refractivity contribution in [2.24, 2.45) is 5.10 Å². The molecule has 2 heterocycles. The van der Waals surface area contributed by atoms with Gasteiger partial charge in [-0.05, 0) is 23.8 Å². The first-order valence-corrected chi connectivity index (χ1v) is 8.41. The van der Waals surface area contributed by atoms with Crippen molar-refractivity contribution in [2.75, 3.05) is 25.0 Å². The lowest BCUT2D eigenvalue weighted by molar-refractivity contribution is -0.144. The van der Waals surface area contributed by atoms with Crippen LogP contribution < -0.4 is 10.1 Å². The molecule has 2 aromatic carbocycles. The SMILES string of the molecule is O=C1COc2ccc(C3=NN(CC(F)(F)F)CC3c3ccccc3)cc2N1. The zero-order valence-electron chi connectivity index (χ0n) is 14.2. The quantitative estimate of drug-likeness (QED) is 0.895. The third-order valence-electron chi connectivity index (χ3n) is 4.44. The fourth-order valence-electron chi connectivity index (χ4n) is 3.32. The van der Waals surface area contributed by atoms with Gasteiger partial charge in [0.15, 0.2) is 6.61 Å². The lowest BCUT2D eigenvalue weighted by atomic mass is 9.90. The molecule has 0 radical (unpaired) electrons. The molecule has 2 aliphatic heterocycles. The number of carbonyl (C=O) groups excluding carboxylic acids is 1. The Balaban J connectivity index is 1.71. The summed E-state index contributed by atoms with van der Waals surface area (Å²) in [6.45, 7) is -1.03. The number of anilines is 1. The zero-order chi connectivity index (χ0) is 19.0. The van der Waals surface area contributed by atoms with E-state index in [1.54, 1.807) is 18.2 Å². The van der Waals surface area contributed by atoms with Crippen molar-refractivity contribution in [1.29, 1.82) is 0 Å². The Morgan fingerprint density at radius 2 is 1.96 bits per heavy atom. The fourth-order valence-corrected chi connectivity index (χ4v) is 3.32. The Morgan fingerprint density at radius 1 is 1.19 bits per heavy atom. The number of hydrazone groups is 1. The maximum Gasteiger partial charge on any atom is 0.407 e. The lowest BCUT2D eigenvalue weighted by Crippen LogP contribution is -2.30. The minimum Gasteiger partial charge on any atom is -0.482 e. The number of ether oxygens (including phenoxy) is 1. The summed E-state index contributed by atoms with van der Waals surface area (Å²) in [4.78, 5) is 11.6. The second kappa shape index (κ2) is 6.61. The van der Waals surface area contributed by atoms with Crippen molar-refractivity contribution in [2.45, 2.75) is 12.1 Å². The fraction of sp³-hybridized carbons (Fsp3) is 0.263. The number of nitrogens with zero attached hydrogens (tertiary/aromatic N) is 2. The molecule has 0 bridgehead atoms. The van der Waals surface area contributed by atoms with Gasteiger partial charge in [0.2, 0.25) is 0 Å². The van der Waals surface area contributed by atoms with Crippen molar-refractivity contribution < 1.29 is 22.7 Å². The first kappa shape index (κ1) is 17.4. The predicted octanol–water partition coefficient (Wildman–Crippen LogP) is 3.38. The molecule has 1 unspecified atom stereocenters. The number of rotatable bonds is 3. The van der Waals surface area contributed by atoms with E-state index in [4.69, 9.17) is 4.74 Å². The molecular formula is C19H16F3N3O2. The number of alkyl halides is 3. The molecule has 0 saturated heterocycles. The van der Waals surface area contributed by atoms with Crippen molar-refractivity contribution >= 4 is 17.3 Å². The van der Waals surface area contributed by atoms with E-state index in [0.29, 0.717) is 22.7 Å². The van der Waals surface area contributed by atoms with Crippen LogP contribution in [-0.4, -0.2) is 42.5 Å². The predicted molar refractivity (Wildman–Crippen MR) is 93.9 cm³/mol. The van der Waals surface area contributed by atoms with Crippen LogP contribution in [0, 0.1) is 0 Å². The van der Waals surface area contributed by atoms with E-state index in [9.17, 15) is 18.0 Å². The molecule has 5 nitrogen and oxygen atoms in total. The van der Waals surface area contributed by atoms with E-state index in [1.165, 1.54) is 0 Å². The Bertz CT molecular complexity index is 897. The highest BCUT2D eigenvalue weighted by Crippen LogP contribution is 2.34. The third-order valence-corrected chi connectivity index (χ3v) is 4.44. The number of carbonyl (C=O) groups is 1. The van der Waals surface area contributed by atoms with E-state index in [1.807, 2.05) is 30.3 Å². The van der Waals surface area contributed by atoms with E-state index < -0.39 is 12.7 Å². The van der Waals surface area contributed by atoms with Crippen LogP contribution >= 0.6 is 0 Å². The Kier molecular flexibility index (Phi) is 4.25. The maximum atomic E-state index is 12.9. The summed E-state index contributed by atoms with van der Waals surface area (Å²) in [5.74, 6) is -0.0431. The Hall–Kier alpha value is -3.03. The largest absolute Gasteiger partial charge is 0.482 e. The molecule has 0 aliphatic carbocycles. The van der Waals surface area contributed by atoms with Crippen LogP contribution in [0.15, 0.2) is 53.6 Å². The molecule has 4 rings (SSSR count). The number of halogens is 3. The first-order valence-electron chi connectivity index (χ1n) is 8.41. The van der Waals surface area contributed by atoms with Gasteiger partial charge in [-0.25, -0.2) is 0 Å². The van der Waals surface area contributed by atoms with Crippen LogP contribution in [0.4, 0.5) is 18.9 Å². The summed E-state index contributed by atoms with van der Waals surface area (Å²) in [5.41, 5.74) is 2.57. The molecule has 1 amide bonds. The second-order valence-corrected chi connectivity index (χ2v) is 6.46. The monoisotopic (exact) mass is 375 g/mol.